The second-order valence-electron chi connectivity index (χ2n) is 12.2. The lowest BCUT2D eigenvalue weighted by Gasteiger charge is -2.28. The van der Waals surface area contributed by atoms with Gasteiger partial charge in [0.1, 0.15) is 0 Å². The summed E-state index contributed by atoms with van der Waals surface area (Å²) in [5, 5.41) is 4.97. The first-order valence-electron chi connectivity index (χ1n) is 16.4. The largest absolute Gasteiger partial charge is 0.310 e. The lowest BCUT2D eigenvalue weighted by atomic mass is 9.96. The summed E-state index contributed by atoms with van der Waals surface area (Å²) in [4.78, 5) is 2.39. The fourth-order valence-corrected chi connectivity index (χ4v) is 7.16. The summed E-state index contributed by atoms with van der Waals surface area (Å²) in [6.45, 7) is 0. The molecule has 0 atom stereocenters. The molecular weight excluding hydrogens is 581 g/mol. The minimum absolute atomic E-state index is 1.10. The van der Waals surface area contributed by atoms with Gasteiger partial charge in [0, 0.05) is 33.2 Å². The van der Waals surface area contributed by atoms with Crippen molar-refractivity contribution in [1.29, 1.82) is 0 Å². The van der Waals surface area contributed by atoms with Crippen LogP contribution in [-0.4, -0.2) is 4.57 Å². The van der Waals surface area contributed by atoms with Gasteiger partial charge in [-0.15, -0.1) is 0 Å². The minimum Gasteiger partial charge on any atom is -0.310 e. The summed E-state index contributed by atoms with van der Waals surface area (Å²) >= 11 is 0. The number of aromatic nitrogens is 1. The Morgan fingerprint density at radius 1 is 0.312 bits per heavy atom. The van der Waals surface area contributed by atoms with E-state index in [0.29, 0.717) is 0 Å². The number of benzene rings is 8. The van der Waals surface area contributed by atoms with Gasteiger partial charge in [0.15, 0.2) is 0 Å². The van der Waals surface area contributed by atoms with Crippen LogP contribution in [0.3, 0.4) is 0 Å². The number of hydrogen-bond donors (Lipinski definition) is 0. The average Bonchev–Trinajstić information content (AvgIpc) is 3.51. The van der Waals surface area contributed by atoms with Crippen LogP contribution in [-0.2, 0) is 0 Å². The van der Waals surface area contributed by atoms with Crippen LogP contribution >= 0.6 is 0 Å². The summed E-state index contributed by atoms with van der Waals surface area (Å²) in [7, 11) is 0. The third-order valence-electron chi connectivity index (χ3n) is 9.41. The molecule has 2 nitrogen and oxygen atoms in total. The third kappa shape index (κ3) is 4.74. The lowest BCUT2D eigenvalue weighted by molar-refractivity contribution is 1.17. The van der Waals surface area contributed by atoms with Gasteiger partial charge in [0.2, 0.25) is 0 Å². The summed E-state index contributed by atoms with van der Waals surface area (Å²) in [6.07, 6.45) is 0. The van der Waals surface area contributed by atoms with E-state index in [1.54, 1.807) is 0 Å². The first-order chi connectivity index (χ1) is 23.8. The van der Waals surface area contributed by atoms with E-state index >= 15 is 0 Å². The molecule has 0 radical (unpaired) electrons. The third-order valence-corrected chi connectivity index (χ3v) is 9.41. The van der Waals surface area contributed by atoms with Crippen molar-refractivity contribution in [3.8, 4) is 27.9 Å². The smallest absolute Gasteiger partial charge is 0.0541 e. The number of hydrogen-bond acceptors (Lipinski definition) is 1. The van der Waals surface area contributed by atoms with Gasteiger partial charge >= 0.3 is 0 Å². The monoisotopic (exact) mass is 612 g/mol. The molecule has 0 aliphatic rings. The highest BCUT2D eigenvalue weighted by Gasteiger charge is 2.18. The summed E-state index contributed by atoms with van der Waals surface area (Å²) in [5.74, 6) is 0. The van der Waals surface area contributed by atoms with Crippen molar-refractivity contribution < 1.29 is 0 Å². The van der Waals surface area contributed by atoms with E-state index in [2.05, 4.69) is 204 Å². The second kappa shape index (κ2) is 11.8. The molecule has 0 unspecified atom stereocenters. The highest BCUT2D eigenvalue weighted by molar-refractivity contribution is 6.09. The second-order valence-corrected chi connectivity index (χ2v) is 12.2. The van der Waals surface area contributed by atoms with E-state index in [9.17, 15) is 0 Å². The van der Waals surface area contributed by atoms with E-state index in [1.807, 2.05) is 0 Å². The highest BCUT2D eigenvalue weighted by Crippen LogP contribution is 2.43. The van der Waals surface area contributed by atoms with Crippen molar-refractivity contribution in [3.05, 3.63) is 194 Å². The first kappa shape index (κ1) is 27.9. The Labute approximate surface area is 280 Å². The van der Waals surface area contributed by atoms with Gasteiger partial charge in [-0.25, -0.2) is 0 Å². The fourth-order valence-electron chi connectivity index (χ4n) is 7.16. The van der Waals surface area contributed by atoms with Crippen molar-refractivity contribution in [3.63, 3.8) is 0 Å². The predicted octanol–water partition coefficient (Wildman–Crippen LogP) is 12.7. The first-order valence-corrected chi connectivity index (χ1v) is 16.4. The topological polar surface area (TPSA) is 8.17 Å². The lowest BCUT2D eigenvalue weighted by Crippen LogP contribution is -2.11. The van der Waals surface area contributed by atoms with E-state index < -0.39 is 0 Å². The highest BCUT2D eigenvalue weighted by atomic mass is 15.1. The van der Waals surface area contributed by atoms with E-state index in [0.717, 1.165) is 22.7 Å². The van der Waals surface area contributed by atoms with E-state index in [-0.39, 0.29) is 0 Å². The van der Waals surface area contributed by atoms with Crippen molar-refractivity contribution in [2.45, 2.75) is 0 Å². The Balaban J connectivity index is 1.21. The fraction of sp³-hybridized carbons (Fsp3) is 0. The summed E-state index contributed by atoms with van der Waals surface area (Å²) in [6, 6.07) is 69.8. The molecule has 0 saturated carbocycles. The molecule has 8 aromatic carbocycles. The molecular formula is C46H32N2. The van der Waals surface area contributed by atoms with Crippen molar-refractivity contribution in [1.82, 2.24) is 4.57 Å². The minimum atomic E-state index is 1.10. The molecule has 0 amide bonds. The van der Waals surface area contributed by atoms with Gasteiger partial charge in [-0.1, -0.05) is 140 Å². The van der Waals surface area contributed by atoms with Gasteiger partial charge < -0.3 is 9.47 Å². The maximum atomic E-state index is 2.39. The Morgan fingerprint density at radius 2 is 0.771 bits per heavy atom. The molecule has 1 heterocycles. The van der Waals surface area contributed by atoms with Crippen molar-refractivity contribution >= 4 is 49.6 Å². The standard InChI is InChI=1S/C46H32N2/c1-3-13-33(14-4-1)34-23-25-36(26-24-34)47(46-32-31-39(35-15-5-2-6-16-35)40-17-7-8-18-41(40)46)37-27-29-38(30-28-37)48-44-21-11-9-19-42(44)43-20-10-12-22-45(43)48/h1-32H. The summed E-state index contributed by atoms with van der Waals surface area (Å²) in [5.41, 5.74) is 11.8. The predicted molar refractivity (Wildman–Crippen MR) is 204 cm³/mol. The van der Waals surface area contributed by atoms with Crippen LogP contribution in [0.2, 0.25) is 0 Å². The molecule has 9 aromatic rings. The molecule has 0 saturated heterocycles. The molecule has 0 aliphatic heterocycles. The average molecular weight is 613 g/mol. The SMILES string of the molecule is c1ccc(-c2ccc(N(c3ccc(-n4c5ccccc5c5ccccc54)cc3)c3ccc(-c4ccccc4)c4ccccc34)cc2)cc1. The van der Waals surface area contributed by atoms with Crippen LogP contribution in [0.1, 0.15) is 0 Å². The van der Waals surface area contributed by atoms with E-state index in [1.165, 1.54) is 54.8 Å². The zero-order valence-electron chi connectivity index (χ0n) is 26.4. The molecule has 9 rings (SSSR count). The zero-order valence-corrected chi connectivity index (χ0v) is 26.4. The maximum absolute atomic E-state index is 2.39. The van der Waals surface area contributed by atoms with Crippen LogP contribution in [0.25, 0.3) is 60.5 Å². The molecule has 0 aliphatic carbocycles. The van der Waals surface area contributed by atoms with Gasteiger partial charge in [-0.2, -0.15) is 0 Å². The maximum Gasteiger partial charge on any atom is 0.0541 e. The van der Waals surface area contributed by atoms with E-state index in [4.69, 9.17) is 0 Å². The van der Waals surface area contributed by atoms with Gasteiger partial charge in [0.25, 0.3) is 0 Å². The van der Waals surface area contributed by atoms with Crippen LogP contribution in [0.4, 0.5) is 17.1 Å². The molecule has 0 spiro atoms. The normalized spacial score (nSPS) is 11.3. The van der Waals surface area contributed by atoms with Crippen molar-refractivity contribution in [2.75, 3.05) is 4.90 Å². The Hall–Kier alpha value is -6.38. The number of para-hydroxylation sites is 2. The van der Waals surface area contributed by atoms with Gasteiger partial charge in [0.05, 0.1) is 16.7 Å². The number of fused-ring (bicyclic) bond motifs is 4. The van der Waals surface area contributed by atoms with Gasteiger partial charge in [-0.3, -0.25) is 0 Å². The quantitative estimate of drug-likeness (QED) is 0.181. The Bertz CT molecular complexity index is 2480. The summed E-state index contributed by atoms with van der Waals surface area (Å²) < 4.78 is 2.37. The van der Waals surface area contributed by atoms with Gasteiger partial charge in [-0.05, 0) is 82.2 Å². The van der Waals surface area contributed by atoms with Crippen LogP contribution in [0, 0.1) is 0 Å². The van der Waals surface area contributed by atoms with Crippen LogP contribution in [0.5, 0.6) is 0 Å². The van der Waals surface area contributed by atoms with Crippen LogP contribution < -0.4 is 4.90 Å². The number of anilines is 3. The molecule has 0 fully saturated rings. The molecule has 0 N–H and O–H groups in total. The molecule has 226 valence electrons. The molecule has 1 aromatic heterocycles. The van der Waals surface area contributed by atoms with Crippen molar-refractivity contribution in [2.24, 2.45) is 0 Å². The molecule has 48 heavy (non-hydrogen) atoms. The number of nitrogens with zero attached hydrogens (tertiary/aromatic N) is 2. The Morgan fingerprint density at radius 3 is 1.38 bits per heavy atom. The Kier molecular flexibility index (Phi) is 6.84. The number of rotatable bonds is 6. The zero-order chi connectivity index (χ0) is 31.9. The molecule has 0 bridgehead atoms. The molecule has 2 heteroatoms. The van der Waals surface area contributed by atoms with Crippen LogP contribution in [0.15, 0.2) is 194 Å².